The van der Waals surface area contributed by atoms with Crippen LogP contribution in [0.3, 0.4) is 0 Å². The first-order valence-corrected chi connectivity index (χ1v) is 8.36. The summed E-state index contributed by atoms with van der Waals surface area (Å²) in [6, 6.07) is 9.99. The maximum absolute atomic E-state index is 14.2. The van der Waals surface area contributed by atoms with Gasteiger partial charge in [0.15, 0.2) is 5.03 Å². The number of aromatic nitrogens is 3. The van der Waals surface area contributed by atoms with Crippen molar-refractivity contribution in [3.63, 3.8) is 0 Å². The minimum absolute atomic E-state index is 0.341. The van der Waals surface area contributed by atoms with Gasteiger partial charge < -0.3 is 5.73 Å². The molecular weight excluding hydrogens is 343 g/mol. The fourth-order valence-electron chi connectivity index (χ4n) is 2.30. The highest BCUT2D eigenvalue weighted by atomic mass is 32.2. The molecule has 0 saturated heterocycles. The normalized spacial score (nSPS) is 11.0. The highest BCUT2D eigenvalue weighted by Gasteiger charge is 2.17. The summed E-state index contributed by atoms with van der Waals surface area (Å²) in [6.45, 7) is 2.22. The molecule has 2 heterocycles. The van der Waals surface area contributed by atoms with Crippen molar-refractivity contribution < 1.29 is 13.6 Å². The molecule has 0 radical (unpaired) electrons. The SMILES string of the molecule is CCOOSc1nc(-c2cn(C)nc2-c2ccccc2F)ccc1N. The van der Waals surface area contributed by atoms with Crippen LogP contribution in [0.15, 0.2) is 47.6 Å². The van der Waals surface area contributed by atoms with Gasteiger partial charge >= 0.3 is 0 Å². The zero-order valence-corrected chi connectivity index (χ0v) is 14.6. The van der Waals surface area contributed by atoms with E-state index in [0.717, 1.165) is 12.0 Å². The molecule has 8 heteroatoms. The van der Waals surface area contributed by atoms with Crippen molar-refractivity contribution >= 4 is 17.7 Å². The van der Waals surface area contributed by atoms with Gasteiger partial charge in [0.25, 0.3) is 0 Å². The third-order valence-corrected chi connectivity index (χ3v) is 4.05. The Hall–Kier alpha value is -2.42. The van der Waals surface area contributed by atoms with Crippen LogP contribution >= 0.6 is 12.0 Å². The summed E-state index contributed by atoms with van der Waals surface area (Å²) >= 11 is 0.932. The first-order chi connectivity index (χ1) is 12.1. The Labute approximate surface area is 148 Å². The molecule has 25 heavy (non-hydrogen) atoms. The lowest BCUT2D eigenvalue weighted by atomic mass is 10.1. The highest BCUT2D eigenvalue weighted by Crippen LogP contribution is 2.34. The molecule has 1 aromatic carbocycles. The van der Waals surface area contributed by atoms with Crippen molar-refractivity contribution in [1.82, 2.24) is 14.8 Å². The largest absolute Gasteiger partial charge is 0.396 e. The fraction of sp³-hybridized carbons (Fsp3) is 0.176. The van der Waals surface area contributed by atoms with E-state index >= 15 is 0 Å². The number of benzene rings is 1. The molecule has 0 amide bonds. The van der Waals surface area contributed by atoms with Crippen LogP contribution < -0.4 is 5.73 Å². The van der Waals surface area contributed by atoms with E-state index in [4.69, 9.17) is 15.0 Å². The van der Waals surface area contributed by atoms with Gasteiger partial charge in [-0.15, -0.1) is 0 Å². The number of nitrogens with two attached hydrogens (primary N) is 1. The summed E-state index contributed by atoms with van der Waals surface area (Å²) in [5, 5.41) is 4.86. The van der Waals surface area contributed by atoms with Crippen molar-refractivity contribution in [2.24, 2.45) is 7.05 Å². The number of anilines is 1. The lowest BCUT2D eigenvalue weighted by Gasteiger charge is -2.07. The van der Waals surface area contributed by atoms with Crippen LogP contribution in [-0.4, -0.2) is 21.4 Å². The molecule has 0 bridgehead atoms. The number of nitrogens with zero attached hydrogens (tertiary/aromatic N) is 3. The molecule has 130 valence electrons. The van der Waals surface area contributed by atoms with E-state index in [1.807, 2.05) is 6.92 Å². The summed E-state index contributed by atoms with van der Waals surface area (Å²) in [4.78, 5) is 9.35. The van der Waals surface area contributed by atoms with Gasteiger partial charge in [0, 0.05) is 24.4 Å². The average Bonchev–Trinajstić information content (AvgIpc) is 2.99. The van der Waals surface area contributed by atoms with E-state index in [1.54, 1.807) is 48.3 Å². The van der Waals surface area contributed by atoms with E-state index in [1.165, 1.54) is 6.07 Å². The third kappa shape index (κ3) is 3.81. The summed E-state index contributed by atoms with van der Waals surface area (Å²) in [7, 11) is 1.78. The van der Waals surface area contributed by atoms with Gasteiger partial charge in [-0.1, -0.05) is 12.1 Å². The van der Waals surface area contributed by atoms with Crippen molar-refractivity contribution in [3.8, 4) is 22.5 Å². The monoisotopic (exact) mass is 360 g/mol. The van der Waals surface area contributed by atoms with E-state index in [2.05, 4.69) is 10.1 Å². The topological polar surface area (TPSA) is 75.2 Å². The van der Waals surface area contributed by atoms with E-state index in [9.17, 15) is 4.39 Å². The molecule has 0 unspecified atom stereocenters. The predicted molar refractivity (Wildman–Crippen MR) is 94.8 cm³/mol. The number of hydrogen-bond acceptors (Lipinski definition) is 6. The number of halogens is 1. The van der Waals surface area contributed by atoms with Crippen molar-refractivity contribution in [2.75, 3.05) is 12.3 Å². The number of nitrogen functional groups attached to an aromatic ring is 1. The summed E-state index contributed by atoms with van der Waals surface area (Å²) in [5.74, 6) is -0.341. The highest BCUT2D eigenvalue weighted by molar-refractivity contribution is 7.94. The van der Waals surface area contributed by atoms with Crippen LogP contribution in [0.1, 0.15) is 6.92 Å². The van der Waals surface area contributed by atoms with Gasteiger partial charge in [0.05, 0.1) is 30.0 Å². The van der Waals surface area contributed by atoms with Gasteiger partial charge in [-0.05, 0) is 31.2 Å². The Balaban J connectivity index is 2.03. The van der Waals surface area contributed by atoms with Gasteiger partial charge in [0.1, 0.15) is 11.5 Å². The van der Waals surface area contributed by atoms with Crippen LogP contribution in [-0.2, 0) is 16.3 Å². The molecule has 0 saturated carbocycles. The fourth-order valence-corrected chi connectivity index (χ4v) is 2.81. The van der Waals surface area contributed by atoms with Crippen LogP contribution in [0, 0.1) is 5.82 Å². The Morgan fingerprint density at radius 2 is 2.00 bits per heavy atom. The smallest absolute Gasteiger partial charge is 0.150 e. The molecule has 6 nitrogen and oxygen atoms in total. The summed E-state index contributed by atoms with van der Waals surface area (Å²) in [6.07, 6.45) is 1.79. The maximum atomic E-state index is 14.2. The second-order valence-corrected chi connectivity index (χ2v) is 5.88. The first kappa shape index (κ1) is 17.4. The van der Waals surface area contributed by atoms with Crippen LogP contribution in [0.2, 0.25) is 0 Å². The van der Waals surface area contributed by atoms with Crippen molar-refractivity contribution in [3.05, 3.63) is 48.4 Å². The molecule has 2 N–H and O–H groups in total. The lowest BCUT2D eigenvalue weighted by molar-refractivity contribution is -0.185. The van der Waals surface area contributed by atoms with Gasteiger partial charge in [-0.25, -0.2) is 14.3 Å². The van der Waals surface area contributed by atoms with E-state index in [-0.39, 0.29) is 5.82 Å². The molecule has 0 aliphatic rings. The molecule has 3 aromatic rings. The van der Waals surface area contributed by atoms with Gasteiger partial charge in [-0.2, -0.15) is 9.43 Å². The quantitative estimate of drug-likeness (QED) is 0.311. The maximum Gasteiger partial charge on any atom is 0.150 e. The van der Waals surface area contributed by atoms with Gasteiger partial charge in [0.2, 0.25) is 0 Å². The second-order valence-electron chi connectivity index (χ2n) is 5.19. The predicted octanol–water partition coefficient (Wildman–Crippen LogP) is 3.85. The molecular formula is C17H17FN4O2S. The van der Waals surface area contributed by atoms with Gasteiger partial charge in [-0.3, -0.25) is 4.68 Å². The van der Waals surface area contributed by atoms with Crippen LogP contribution in [0.25, 0.3) is 22.5 Å². The third-order valence-electron chi connectivity index (χ3n) is 3.40. The molecule has 0 spiro atoms. The number of hydrogen-bond donors (Lipinski definition) is 1. The zero-order chi connectivity index (χ0) is 17.8. The van der Waals surface area contributed by atoms with Crippen molar-refractivity contribution in [2.45, 2.75) is 11.9 Å². The molecule has 0 atom stereocenters. The first-order valence-electron chi connectivity index (χ1n) is 7.61. The lowest BCUT2D eigenvalue weighted by Crippen LogP contribution is -1.96. The molecule has 2 aromatic heterocycles. The summed E-state index contributed by atoms with van der Waals surface area (Å²) in [5.41, 5.74) is 8.63. The number of aryl methyl sites for hydroxylation is 1. The molecule has 0 aliphatic heterocycles. The van der Waals surface area contributed by atoms with Crippen LogP contribution in [0.5, 0.6) is 0 Å². The minimum atomic E-state index is -0.341. The second kappa shape index (κ2) is 7.64. The van der Waals surface area contributed by atoms with Crippen LogP contribution in [0.4, 0.5) is 10.1 Å². The standard InChI is InChI=1S/C17H17FN4O2S/c1-3-23-24-25-17-14(19)8-9-15(20-17)12-10-22(2)21-16(12)11-6-4-5-7-13(11)18/h4-10H,3,19H2,1-2H3. The Morgan fingerprint density at radius 1 is 1.20 bits per heavy atom. The Bertz CT molecular complexity index is 885. The average molecular weight is 360 g/mol. The number of rotatable bonds is 6. The molecule has 3 rings (SSSR count). The molecule has 0 aliphatic carbocycles. The Kier molecular flexibility index (Phi) is 5.32. The zero-order valence-electron chi connectivity index (χ0n) is 13.8. The molecule has 0 fully saturated rings. The summed E-state index contributed by atoms with van der Waals surface area (Å²) < 4.78 is 20.8. The Morgan fingerprint density at radius 3 is 2.76 bits per heavy atom. The minimum Gasteiger partial charge on any atom is -0.396 e. The van der Waals surface area contributed by atoms with E-state index < -0.39 is 0 Å². The van der Waals surface area contributed by atoms with E-state index in [0.29, 0.717) is 39.8 Å². The number of pyridine rings is 1. The van der Waals surface area contributed by atoms with Crippen molar-refractivity contribution in [1.29, 1.82) is 0 Å².